The number of ether oxygens (including phenoxy) is 1. The highest BCUT2D eigenvalue weighted by Gasteiger charge is 2.14. The van der Waals surface area contributed by atoms with Crippen molar-refractivity contribution in [2.75, 3.05) is 7.11 Å². The first-order valence-corrected chi connectivity index (χ1v) is 9.91. The number of hydrogen-bond donors (Lipinski definition) is 1. The fraction of sp³-hybridized carbons (Fsp3) is 0.211. The van der Waals surface area contributed by atoms with Crippen molar-refractivity contribution in [2.24, 2.45) is 0 Å². The van der Waals surface area contributed by atoms with Crippen LogP contribution < -0.4 is 9.46 Å². The smallest absolute Gasteiger partial charge is 0.228 e. The molecule has 9 nitrogen and oxygen atoms in total. The maximum atomic E-state index is 12.0. The average Bonchev–Trinajstić information content (AvgIpc) is 3.03. The largest absolute Gasteiger partial charge is 0.481 e. The number of aryl methyl sites for hydroxylation is 1. The van der Waals surface area contributed by atoms with Crippen LogP contribution in [-0.2, 0) is 22.3 Å². The summed E-state index contributed by atoms with van der Waals surface area (Å²) in [5.74, 6) is 0.952. The van der Waals surface area contributed by atoms with Gasteiger partial charge in [-0.05, 0) is 25.1 Å². The molecule has 4 aromatic rings. The lowest BCUT2D eigenvalue weighted by atomic mass is 10.2. The Kier molecular flexibility index (Phi) is 4.93. The number of methoxy groups -OCH3 is 1. The van der Waals surface area contributed by atoms with Crippen molar-refractivity contribution < 1.29 is 13.7 Å². The van der Waals surface area contributed by atoms with E-state index in [1.165, 1.54) is 13.1 Å². The standard InChI is InChI=1S/C19H18N6O3S/c1-11-22-16-9-21-19-15(6-7-17(23-19)28-3)18(16)25(11)10-13-4-5-14(8-20-13)29(27)24-12(2)26/h4-9H,10H2,1-3H3,(H,24,26). The molecule has 1 amide bonds. The van der Waals surface area contributed by atoms with Crippen LogP contribution in [0.25, 0.3) is 22.1 Å². The number of carbonyl (C=O) groups excluding carboxylic acids is 1. The molecule has 0 saturated carbocycles. The van der Waals surface area contributed by atoms with Crippen molar-refractivity contribution in [3.8, 4) is 5.88 Å². The topological polar surface area (TPSA) is 112 Å². The molecular formula is C19H18N6O3S. The number of fused-ring (bicyclic) bond motifs is 3. The normalized spacial score (nSPS) is 12.2. The molecule has 0 aliphatic carbocycles. The quantitative estimate of drug-likeness (QED) is 0.535. The minimum Gasteiger partial charge on any atom is -0.481 e. The zero-order valence-electron chi connectivity index (χ0n) is 16.0. The average molecular weight is 410 g/mol. The van der Waals surface area contributed by atoms with Crippen molar-refractivity contribution >= 4 is 39.0 Å². The van der Waals surface area contributed by atoms with Gasteiger partial charge in [0.15, 0.2) is 16.6 Å². The molecule has 4 rings (SSSR count). The van der Waals surface area contributed by atoms with Crippen LogP contribution in [0.3, 0.4) is 0 Å². The number of pyridine rings is 3. The first kappa shape index (κ1) is 18.9. The van der Waals surface area contributed by atoms with Gasteiger partial charge in [0.1, 0.15) is 11.3 Å². The summed E-state index contributed by atoms with van der Waals surface area (Å²) in [5.41, 5.74) is 3.02. The van der Waals surface area contributed by atoms with E-state index in [1.807, 2.05) is 17.6 Å². The number of aromatic nitrogens is 5. The Balaban J connectivity index is 1.72. The minimum absolute atomic E-state index is 0.362. The third kappa shape index (κ3) is 3.66. The van der Waals surface area contributed by atoms with E-state index in [0.29, 0.717) is 23.0 Å². The Hall–Kier alpha value is -3.40. The number of carbonyl (C=O) groups is 1. The second-order valence-corrected chi connectivity index (χ2v) is 7.59. The summed E-state index contributed by atoms with van der Waals surface area (Å²) in [6.07, 6.45) is 3.20. The van der Waals surface area contributed by atoms with Gasteiger partial charge < -0.3 is 9.30 Å². The maximum absolute atomic E-state index is 12.0. The van der Waals surface area contributed by atoms with E-state index >= 15 is 0 Å². The monoisotopic (exact) mass is 410 g/mol. The maximum Gasteiger partial charge on any atom is 0.228 e. The molecule has 0 saturated heterocycles. The summed E-state index contributed by atoms with van der Waals surface area (Å²) >= 11 is 0. The highest BCUT2D eigenvalue weighted by Crippen LogP contribution is 2.26. The number of hydrogen-bond acceptors (Lipinski definition) is 7. The molecular weight excluding hydrogens is 392 g/mol. The van der Waals surface area contributed by atoms with Gasteiger partial charge in [-0.2, -0.15) is 4.98 Å². The van der Waals surface area contributed by atoms with E-state index in [9.17, 15) is 9.00 Å². The van der Waals surface area contributed by atoms with Crippen molar-refractivity contribution in [1.29, 1.82) is 0 Å². The fourth-order valence-electron chi connectivity index (χ4n) is 3.07. The van der Waals surface area contributed by atoms with Gasteiger partial charge in [0, 0.05) is 24.6 Å². The number of nitrogens with zero attached hydrogens (tertiary/aromatic N) is 5. The summed E-state index contributed by atoms with van der Waals surface area (Å²) < 4.78 is 21.6. The van der Waals surface area contributed by atoms with Crippen LogP contribution >= 0.6 is 0 Å². The van der Waals surface area contributed by atoms with Crippen LogP contribution in [-0.4, -0.2) is 41.7 Å². The van der Waals surface area contributed by atoms with Crippen molar-refractivity contribution in [1.82, 2.24) is 29.2 Å². The highest BCUT2D eigenvalue weighted by molar-refractivity contribution is 7.83. The number of imidazole rings is 1. The van der Waals surface area contributed by atoms with E-state index in [2.05, 4.69) is 24.7 Å². The number of amides is 1. The molecule has 4 heterocycles. The van der Waals surface area contributed by atoms with Gasteiger partial charge in [0.05, 0.1) is 36.0 Å². The Bertz CT molecular complexity index is 1250. The van der Waals surface area contributed by atoms with Crippen molar-refractivity contribution in [2.45, 2.75) is 25.3 Å². The van der Waals surface area contributed by atoms with Gasteiger partial charge in [-0.1, -0.05) is 0 Å². The number of nitrogens with one attached hydrogen (secondary N) is 1. The van der Waals surface area contributed by atoms with Crippen LogP contribution in [0.5, 0.6) is 5.88 Å². The molecule has 0 aliphatic rings. The lowest BCUT2D eigenvalue weighted by Crippen LogP contribution is -2.22. The second kappa shape index (κ2) is 7.55. The van der Waals surface area contributed by atoms with Gasteiger partial charge in [-0.25, -0.2) is 14.2 Å². The third-order valence-electron chi connectivity index (χ3n) is 4.38. The van der Waals surface area contributed by atoms with Crippen LogP contribution in [0.1, 0.15) is 18.4 Å². The summed E-state index contributed by atoms with van der Waals surface area (Å²) in [4.78, 5) is 29.3. The first-order valence-electron chi connectivity index (χ1n) is 8.77. The summed E-state index contributed by atoms with van der Waals surface area (Å²) in [6, 6.07) is 7.18. The van der Waals surface area contributed by atoms with Gasteiger partial charge in [-0.3, -0.25) is 14.5 Å². The molecule has 29 heavy (non-hydrogen) atoms. The summed E-state index contributed by atoms with van der Waals surface area (Å²) in [6.45, 7) is 3.71. The molecule has 1 unspecified atom stereocenters. The highest BCUT2D eigenvalue weighted by atomic mass is 32.2. The van der Waals surface area contributed by atoms with Gasteiger partial charge >= 0.3 is 0 Å². The molecule has 0 fully saturated rings. The van der Waals surface area contributed by atoms with Crippen LogP contribution in [0.2, 0.25) is 0 Å². The molecule has 148 valence electrons. The van der Waals surface area contributed by atoms with Crippen LogP contribution in [0, 0.1) is 6.92 Å². The summed E-state index contributed by atoms with van der Waals surface area (Å²) in [7, 11) is -0.0537. The zero-order valence-corrected chi connectivity index (χ0v) is 16.9. The third-order valence-corrected chi connectivity index (χ3v) is 5.52. The molecule has 1 N–H and O–H groups in total. The Morgan fingerprint density at radius 1 is 1.17 bits per heavy atom. The zero-order chi connectivity index (χ0) is 20.5. The first-order chi connectivity index (χ1) is 14.0. The van der Waals surface area contributed by atoms with E-state index in [4.69, 9.17) is 4.74 Å². The molecule has 0 bridgehead atoms. The van der Waals surface area contributed by atoms with E-state index in [-0.39, 0.29) is 5.91 Å². The molecule has 0 spiro atoms. The molecule has 0 radical (unpaired) electrons. The molecule has 1 atom stereocenters. The van der Waals surface area contributed by atoms with Crippen molar-refractivity contribution in [3.05, 3.63) is 48.2 Å². The van der Waals surface area contributed by atoms with Crippen molar-refractivity contribution in [3.63, 3.8) is 0 Å². The Labute approximate surface area is 168 Å². The second-order valence-electron chi connectivity index (χ2n) is 6.37. The Morgan fingerprint density at radius 2 is 2.00 bits per heavy atom. The van der Waals surface area contributed by atoms with Gasteiger partial charge in [0.25, 0.3) is 0 Å². The lowest BCUT2D eigenvalue weighted by Gasteiger charge is -2.09. The SMILES string of the molecule is COc1ccc2c(ncc3nc(C)n(Cc4ccc(S(=O)NC(C)=O)cn4)c32)n1. The lowest BCUT2D eigenvalue weighted by molar-refractivity contribution is -0.117. The summed E-state index contributed by atoms with van der Waals surface area (Å²) in [5, 5.41) is 0.868. The fourth-order valence-corrected chi connectivity index (χ4v) is 3.79. The van der Waals surface area contributed by atoms with Crippen LogP contribution in [0.4, 0.5) is 0 Å². The number of rotatable bonds is 5. The van der Waals surface area contributed by atoms with E-state index in [0.717, 1.165) is 27.9 Å². The van der Waals surface area contributed by atoms with Gasteiger partial charge in [0.2, 0.25) is 11.8 Å². The van der Waals surface area contributed by atoms with Crippen LogP contribution in [0.15, 0.2) is 41.6 Å². The molecule has 0 aromatic carbocycles. The molecule has 0 aliphatic heterocycles. The van der Waals surface area contributed by atoms with E-state index in [1.54, 1.807) is 31.5 Å². The molecule has 4 aromatic heterocycles. The van der Waals surface area contributed by atoms with Gasteiger partial charge in [-0.15, -0.1) is 0 Å². The Morgan fingerprint density at radius 3 is 2.69 bits per heavy atom. The molecule has 10 heteroatoms. The van der Waals surface area contributed by atoms with E-state index < -0.39 is 11.0 Å². The predicted molar refractivity (Wildman–Crippen MR) is 108 cm³/mol. The minimum atomic E-state index is -1.62. The predicted octanol–water partition coefficient (Wildman–Crippen LogP) is 1.90.